The fraction of sp³-hybridized carbons (Fsp3) is 0.619. The third-order valence-electron chi connectivity index (χ3n) is 5.02. The molecule has 0 heterocycles. The monoisotopic (exact) mass is 300 g/mol. The summed E-state index contributed by atoms with van der Waals surface area (Å²) in [4.78, 5) is 0. The average molecular weight is 300 g/mol. The van der Waals surface area contributed by atoms with Gasteiger partial charge in [-0.05, 0) is 48.6 Å². The molecule has 0 N–H and O–H groups in total. The molecule has 1 nitrogen and oxygen atoms in total. The van der Waals surface area contributed by atoms with Gasteiger partial charge in [0.25, 0.3) is 0 Å². The molecule has 0 aromatic heterocycles. The van der Waals surface area contributed by atoms with Crippen LogP contribution in [0.1, 0.15) is 75.3 Å². The lowest BCUT2D eigenvalue weighted by atomic mass is 9.77. The molecule has 0 bridgehead atoms. The van der Waals surface area contributed by atoms with Gasteiger partial charge in [0, 0.05) is 0 Å². The Morgan fingerprint density at radius 1 is 1.09 bits per heavy atom. The molecule has 2 rings (SSSR count). The van der Waals surface area contributed by atoms with Gasteiger partial charge in [-0.15, -0.1) is 6.58 Å². The molecule has 1 aromatic rings. The van der Waals surface area contributed by atoms with E-state index < -0.39 is 0 Å². The number of benzene rings is 1. The van der Waals surface area contributed by atoms with Crippen LogP contribution in [0.15, 0.2) is 36.9 Å². The van der Waals surface area contributed by atoms with Gasteiger partial charge in [0.15, 0.2) is 0 Å². The Kier molecular flexibility index (Phi) is 7.73. The maximum atomic E-state index is 5.50. The third kappa shape index (κ3) is 5.61. The molecule has 122 valence electrons. The molecule has 0 radical (unpaired) electrons. The predicted molar refractivity (Wildman–Crippen MR) is 95.1 cm³/mol. The van der Waals surface area contributed by atoms with Crippen molar-refractivity contribution in [3.8, 4) is 0 Å². The van der Waals surface area contributed by atoms with E-state index in [-0.39, 0.29) is 0 Å². The zero-order valence-electron chi connectivity index (χ0n) is 14.2. The Morgan fingerprint density at radius 3 is 2.45 bits per heavy atom. The van der Waals surface area contributed by atoms with Crippen LogP contribution in [0.5, 0.6) is 0 Å². The molecule has 0 aliphatic heterocycles. The first-order valence-electron chi connectivity index (χ1n) is 9.11. The van der Waals surface area contributed by atoms with Crippen molar-refractivity contribution >= 4 is 0 Å². The minimum atomic E-state index is 0.629. The molecule has 0 unspecified atom stereocenters. The maximum Gasteiger partial charge on any atom is 0.0721 e. The van der Waals surface area contributed by atoms with E-state index in [2.05, 4.69) is 37.8 Å². The van der Waals surface area contributed by atoms with Crippen LogP contribution in [0, 0.1) is 5.92 Å². The van der Waals surface area contributed by atoms with Crippen molar-refractivity contribution in [1.82, 2.24) is 0 Å². The summed E-state index contributed by atoms with van der Waals surface area (Å²) in [6, 6.07) is 9.08. The second-order valence-corrected chi connectivity index (χ2v) is 6.76. The van der Waals surface area contributed by atoms with Gasteiger partial charge >= 0.3 is 0 Å². The van der Waals surface area contributed by atoms with E-state index in [0.29, 0.717) is 13.2 Å². The highest BCUT2D eigenvalue weighted by Gasteiger charge is 2.21. The van der Waals surface area contributed by atoms with Gasteiger partial charge < -0.3 is 4.74 Å². The van der Waals surface area contributed by atoms with E-state index >= 15 is 0 Å². The quantitative estimate of drug-likeness (QED) is 0.387. The molecule has 1 aliphatic rings. The third-order valence-corrected chi connectivity index (χ3v) is 5.02. The highest BCUT2D eigenvalue weighted by molar-refractivity contribution is 5.25. The highest BCUT2D eigenvalue weighted by atomic mass is 16.5. The fourth-order valence-electron chi connectivity index (χ4n) is 3.61. The topological polar surface area (TPSA) is 9.23 Å². The van der Waals surface area contributed by atoms with Crippen molar-refractivity contribution in [1.29, 1.82) is 0 Å². The van der Waals surface area contributed by atoms with Crippen molar-refractivity contribution in [2.24, 2.45) is 5.92 Å². The molecule has 0 atom stereocenters. The summed E-state index contributed by atoms with van der Waals surface area (Å²) in [5.74, 6) is 1.78. The van der Waals surface area contributed by atoms with Gasteiger partial charge in [0.05, 0.1) is 13.2 Å². The molecule has 0 spiro atoms. The van der Waals surface area contributed by atoms with Crippen molar-refractivity contribution in [3.05, 3.63) is 48.0 Å². The van der Waals surface area contributed by atoms with Crippen LogP contribution in [0.25, 0.3) is 0 Å². The lowest BCUT2D eigenvalue weighted by molar-refractivity contribution is 0.149. The molecule has 1 aliphatic carbocycles. The van der Waals surface area contributed by atoms with E-state index in [4.69, 9.17) is 4.74 Å². The van der Waals surface area contributed by atoms with E-state index in [1.807, 2.05) is 0 Å². The zero-order chi connectivity index (χ0) is 15.6. The number of hydrogen-bond donors (Lipinski definition) is 0. The van der Waals surface area contributed by atoms with Crippen molar-refractivity contribution in [3.63, 3.8) is 0 Å². The second kappa shape index (κ2) is 9.84. The van der Waals surface area contributed by atoms with E-state index in [0.717, 1.165) is 11.8 Å². The molecule has 1 saturated carbocycles. The molecule has 22 heavy (non-hydrogen) atoms. The second-order valence-electron chi connectivity index (χ2n) is 6.76. The number of unbranched alkanes of at least 4 members (excludes halogenated alkanes) is 2. The summed E-state index contributed by atoms with van der Waals surface area (Å²) in [6.45, 7) is 7.29. The predicted octanol–water partition coefficient (Wildman–Crippen LogP) is 6.24. The van der Waals surface area contributed by atoms with E-state index in [9.17, 15) is 0 Å². The van der Waals surface area contributed by atoms with Gasteiger partial charge in [0.1, 0.15) is 0 Å². The summed E-state index contributed by atoms with van der Waals surface area (Å²) in [5, 5.41) is 0. The lowest BCUT2D eigenvalue weighted by Crippen LogP contribution is -2.13. The van der Waals surface area contributed by atoms with Gasteiger partial charge in [-0.1, -0.05) is 62.9 Å². The fourth-order valence-corrected chi connectivity index (χ4v) is 3.61. The summed E-state index contributed by atoms with van der Waals surface area (Å²) in [6.07, 6.45) is 13.1. The average Bonchev–Trinajstić information content (AvgIpc) is 2.57. The van der Waals surface area contributed by atoms with Gasteiger partial charge in [0.2, 0.25) is 0 Å². The summed E-state index contributed by atoms with van der Waals surface area (Å²) in [5.41, 5.74) is 2.79. The Balaban J connectivity index is 1.75. The van der Waals surface area contributed by atoms with Crippen LogP contribution in [-0.4, -0.2) is 6.61 Å². The van der Waals surface area contributed by atoms with E-state index in [1.165, 1.54) is 62.5 Å². The largest absolute Gasteiger partial charge is 0.373 e. The Bertz CT molecular complexity index is 412. The molecule has 1 fully saturated rings. The number of hydrogen-bond acceptors (Lipinski definition) is 1. The van der Waals surface area contributed by atoms with Crippen LogP contribution >= 0.6 is 0 Å². The normalized spacial score (nSPS) is 21.7. The van der Waals surface area contributed by atoms with Crippen LogP contribution < -0.4 is 0 Å². The summed E-state index contributed by atoms with van der Waals surface area (Å²) >= 11 is 0. The Hall–Kier alpha value is -1.08. The lowest BCUT2D eigenvalue weighted by Gasteiger charge is -2.29. The first kappa shape index (κ1) is 17.3. The minimum Gasteiger partial charge on any atom is -0.373 e. The number of ether oxygens (including phenoxy) is 1. The van der Waals surface area contributed by atoms with E-state index in [1.54, 1.807) is 6.08 Å². The standard InChI is InChI=1S/C21H32O/c1-3-5-6-7-18-8-12-20(13-9-18)21-14-10-19(11-15-21)17-22-16-4-2/h4,10-11,14-15,18,20H,2-3,5-9,12-13,16-17H2,1H3. The van der Waals surface area contributed by atoms with Gasteiger partial charge in [-0.3, -0.25) is 0 Å². The number of rotatable bonds is 9. The Morgan fingerprint density at radius 2 is 1.82 bits per heavy atom. The van der Waals surface area contributed by atoms with Crippen LogP contribution in [0.2, 0.25) is 0 Å². The van der Waals surface area contributed by atoms with Crippen LogP contribution in [-0.2, 0) is 11.3 Å². The highest BCUT2D eigenvalue weighted by Crippen LogP contribution is 2.37. The van der Waals surface area contributed by atoms with Crippen molar-refractivity contribution in [2.75, 3.05) is 6.61 Å². The first-order valence-corrected chi connectivity index (χ1v) is 9.11. The van der Waals surface area contributed by atoms with Gasteiger partial charge in [-0.2, -0.15) is 0 Å². The Labute approximate surface area is 136 Å². The zero-order valence-corrected chi connectivity index (χ0v) is 14.2. The van der Waals surface area contributed by atoms with Crippen molar-refractivity contribution < 1.29 is 4.74 Å². The molecular weight excluding hydrogens is 268 g/mol. The van der Waals surface area contributed by atoms with Gasteiger partial charge in [-0.25, -0.2) is 0 Å². The minimum absolute atomic E-state index is 0.629. The molecule has 1 aromatic carbocycles. The van der Waals surface area contributed by atoms with Crippen molar-refractivity contribution in [2.45, 2.75) is 70.8 Å². The molecule has 0 amide bonds. The SMILES string of the molecule is C=CCOCc1ccc(C2CCC(CCCCC)CC2)cc1. The molecule has 0 saturated heterocycles. The summed E-state index contributed by atoms with van der Waals surface area (Å²) < 4.78 is 5.50. The van der Waals surface area contributed by atoms with Crippen LogP contribution in [0.3, 0.4) is 0 Å². The molecule has 1 heteroatoms. The smallest absolute Gasteiger partial charge is 0.0721 e. The van der Waals surface area contributed by atoms with Crippen LogP contribution in [0.4, 0.5) is 0 Å². The molecular formula is C21H32O. The maximum absolute atomic E-state index is 5.50. The first-order chi connectivity index (χ1) is 10.8. The summed E-state index contributed by atoms with van der Waals surface area (Å²) in [7, 11) is 0.